The number of rotatable bonds is 8. The monoisotopic (exact) mass is 421 g/mol. The first-order valence-electron chi connectivity index (χ1n) is 11.7. The molecule has 166 valence electrons. The lowest BCUT2D eigenvalue weighted by Crippen LogP contribution is -2.35. The van der Waals surface area contributed by atoms with Gasteiger partial charge in [-0.3, -0.25) is 14.7 Å². The number of fused-ring (bicyclic) bond motifs is 1. The van der Waals surface area contributed by atoms with Crippen LogP contribution in [-0.4, -0.2) is 40.4 Å². The molecule has 2 aromatic rings. The Kier molecular flexibility index (Phi) is 6.61. The summed E-state index contributed by atoms with van der Waals surface area (Å²) >= 11 is 0. The number of carbonyl (C=O) groups excluding carboxylic acids is 1. The van der Waals surface area contributed by atoms with Gasteiger partial charge in [0.2, 0.25) is 5.91 Å². The van der Waals surface area contributed by atoms with Crippen molar-refractivity contribution in [2.75, 3.05) is 19.7 Å². The molecule has 1 aromatic carbocycles. The predicted octanol–water partition coefficient (Wildman–Crippen LogP) is 4.65. The van der Waals surface area contributed by atoms with Gasteiger partial charge in [-0.2, -0.15) is 0 Å². The van der Waals surface area contributed by atoms with Crippen molar-refractivity contribution < 1.29 is 9.53 Å². The Bertz CT molecular complexity index is 895. The number of ether oxygens (including phenoxy) is 1. The number of nitrogens with zero attached hydrogens (tertiary/aromatic N) is 3. The van der Waals surface area contributed by atoms with Crippen LogP contribution in [0.15, 0.2) is 42.7 Å². The fraction of sp³-hybridized carbons (Fsp3) is 0.538. The molecule has 1 atom stereocenters. The van der Waals surface area contributed by atoms with Gasteiger partial charge in [0, 0.05) is 43.5 Å². The molecule has 2 heterocycles. The summed E-state index contributed by atoms with van der Waals surface area (Å²) in [6, 6.07) is 10.6. The van der Waals surface area contributed by atoms with Crippen molar-refractivity contribution >= 4 is 5.91 Å². The first kappa shape index (κ1) is 21.8. The van der Waals surface area contributed by atoms with E-state index in [1.54, 1.807) is 0 Å². The Morgan fingerprint density at radius 3 is 2.55 bits per heavy atom. The number of carbonyl (C=O) groups is 1. The van der Waals surface area contributed by atoms with E-state index in [1.807, 2.05) is 17.3 Å². The molecule has 1 fully saturated rings. The van der Waals surface area contributed by atoms with E-state index in [-0.39, 0.29) is 11.3 Å². The van der Waals surface area contributed by atoms with Crippen molar-refractivity contribution in [3.05, 3.63) is 59.4 Å². The minimum Gasteiger partial charge on any atom is -0.491 e. The average molecular weight is 422 g/mol. The molecule has 1 unspecified atom stereocenters. The molecular formula is C26H35N3O2. The van der Waals surface area contributed by atoms with Crippen molar-refractivity contribution in [1.29, 1.82) is 0 Å². The van der Waals surface area contributed by atoms with Gasteiger partial charge >= 0.3 is 0 Å². The predicted molar refractivity (Wildman–Crippen MR) is 123 cm³/mol. The van der Waals surface area contributed by atoms with E-state index >= 15 is 0 Å². The fourth-order valence-electron chi connectivity index (χ4n) is 4.97. The lowest BCUT2D eigenvalue weighted by molar-refractivity contribution is -0.134. The van der Waals surface area contributed by atoms with Crippen LogP contribution < -0.4 is 4.74 Å². The first-order valence-corrected chi connectivity index (χ1v) is 11.7. The fourth-order valence-corrected chi connectivity index (χ4v) is 4.97. The zero-order valence-electron chi connectivity index (χ0n) is 19.1. The molecular weight excluding hydrogens is 386 g/mol. The van der Waals surface area contributed by atoms with E-state index in [2.05, 4.69) is 61.0 Å². The van der Waals surface area contributed by atoms with E-state index in [4.69, 9.17) is 4.74 Å². The molecule has 5 nitrogen and oxygen atoms in total. The van der Waals surface area contributed by atoms with Crippen LogP contribution >= 0.6 is 0 Å². The van der Waals surface area contributed by atoms with E-state index in [0.717, 1.165) is 50.2 Å². The van der Waals surface area contributed by atoms with Gasteiger partial charge in [0.25, 0.3) is 0 Å². The minimum absolute atomic E-state index is 0.197. The summed E-state index contributed by atoms with van der Waals surface area (Å²) in [6.45, 7) is 11.3. The van der Waals surface area contributed by atoms with E-state index in [9.17, 15) is 4.79 Å². The van der Waals surface area contributed by atoms with Crippen LogP contribution in [-0.2, 0) is 24.4 Å². The molecule has 0 spiro atoms. The van der Waals surface area contributed by atoms with Gasteiger partial charge in [0.05, 0.1) is 6.54 Å². The molecule has 1 amide bonds. The number of amides is 1. The van der Waals surface area contributed by atoms with Crippen molar-refractivity contribution in [3.63, 3.8) is 0 Å². The van der Waals surface area contributed by atoms with Gasteiger partial charge in [0.1, 0.15) is 12.4 Å². The highest BCUT2D eigenvalue weighted by Crippen LogP contribution is 2.58. The second kappa shape index (κ2) is 9.39. The lowest BCUT2D eigenvalue weighted by Gasteiger charge is -2.23. The quantitative estimate of drug-likeness (QED) is 0.622. The first-order chi connectivity index (χ1) is 15.1. The second-order valence-electron chi connectivity index (χ2n) is 9.04. The minimum atomic E-state index is 0.197. The molecule has 2 aliphatic rings. The molecule has 5 heteroatoms. The standard InChI is InChI=1S/C26H35N3O2/c1-4-26(5-2)16-23(26)25(30)29-13-14-31-24-8-7-21(15-22(24)19-29)18-28(6-3)17-20-9-11-27-12-10-20/h7-12,15,23H,4-6,13-14,16-19H2,1-3H3. The SMILES string of the molecule is CCN(Cc1ccncc1)Cc1ccc2c(c1)CN(C(=O)C1CC1(CC)CC)CCO2. The Morgan fingerprint density at radius 1 is 1.13 bits per heavy atom. The summed E-state index contributed by atoms with van der Waals surface area (Å²) in [4.78, 5) is 21.8. The Hall–Kier alpha value is -2.40. The Morgan fingerprint density at radius 2 is 1.87 bits per heavy atom. The number of hydrogen-bond acceptors (Lipinski definition) is 4. The maximum atomic E-state index is 13.2. The van der Waals surface area contributed by atoms with Crippen LogP contribution in [0.25, 0.3) is 0 Å². The maximum Gasteiger partial charge on any atom is 0.226 e. The van der Waals surface area contributed by atoms with Gasteiger partial charge in [-0.15, -0.1) is 0 Å². The van der Waals surface area contributed by atoms with Gasteiger partial charge in [0.15, 0.2) is 0 Å². The average Bonchev–Trinajstić information content (AvgIpc) is 3.57. The molecule has 1 aliphatic carbocycles. The lowest BCUT2D eigenvalue weighted by atomic mass is 9.96. The van der Waals surface area contributed by atoms with E-state index in [1.165, 1.54) is 11.1 Å². The van der Waals surface area contributed by atoms with Crippen LogP contribution in [0.1, 0.15) is 56.7 Å². The largest absolute Gasteiger partial charge is 0.491 e. The maximum absolute atomic E-state index is 13.2. The van der Waals surface area contributed by atoms with Crippen LogP contribution in [0.3, 0.4) is 0 Å². The number of pyridine rings is 1. The van der Waals surface area contributed by atoms with Crippen molar-refractivity contribution in [3.8, 4) is 5.75 Å². The van der Waals surface area contributed by atoms with Crippen molar-refractivity contribution in [2.45, 2.75) is 59.7 Å². The highest BCUT2D eigenvalue weighted by molar-refractivity contribution is 5.82. The summed E-state index contributed by atoms with van der Waals surface area (Å²) < 4.78 is 6.00. The molecule has 1 saturated carbocycles. The summed E-state index contributed by atoms with van der Waals surface area (Å²) in [5.41, 5.74) is 3.90. The highest BCUT2D eigenvalue weighted by atomic mass is 16.5. The van der Waals surface area contributed by atoms with Gasteiger partial charge in [-0.25, -0.2) is 0 Å². The van der Waals surface area contributed by atoms with Crippen molar-refractivity contribution in [1.82, 2.24) is 14.8 Å². The third-order valence-electron chi connectivity index (χ3n) is 7.32. The molecule has 0 bridgehead atoms. The highest BCUT2D eigenvalue weighted by Gasteiger charge is 2.56. The third kappa shape index (κ3) is 4.77. The van der Waals surface area contributed by atoms with Crippen molar-refractivity contribution in [2.24, 2.45) is 11.3 Å². The summed E-state index contributed by atoms with van der Waals surface area (Å²) in [5.74, 6) is 1.44. The van der Waals surface area contributed by atoms with E-state index in [0.29, 0.717) is 25.6 Å². The summed E-state index contributed by atoms with van der Waals surface area (Å²) in [5, 5.41) is 0. The van der Waals surface area contributed by atoms with Gasteiger partial charge < -0.3 is 9.64 Å². The van der Waals surface area contributed by atoms with Crippen LogP contribution in [0, 0.1) is 11.3 Å². The molecule has 4 rings (SSSR count). The molecule has 31 heavy (non-hydrogen) atoms. The van der Waals surface area contributed by atoms with Gasteiger partial charge in [-0.1, -0.05) is 26.8 Å². The molecule has 0 radical (unpaired) electrons. The number of hydrogen-bond donors (Lipinski definition) is 0. The van der Waals surface area contributed by atoms with Crippen LogP contribution in [0.2, 0.25) is 0 Å². The molecule has 1 aliphatic heterocycles. The Balaban J connectivity index is 1.45. The second-order valence-corrected chi connectivity index (χ2v) is 9.04. The van der Waals surface area contributed by atoms with Gasteiger partial charge in [-0.05, 0) is 66.6 Å². The number of benzene rings is 1. The summed E-state index contributed by atoms with van der Waals surface area (Å²) in [6.07, 6.45) is 6.93. The number of aromatic nitrogens is 1. The molecule has 0 N–H and O–H groups in total. The topological polar surface area (TPSA) is 45.7 Å². The zero-order chi connectivity index (χ0) is 21.8. The normalized spacial score (nSPS) is 19.5. The molecule has 0 saturated heterocycles. The smallest absolute Gasteiger partial charge is 0.226 e. The van der Waals surface area contributed by atoms with Crippen LogP contribution in [0.5, 0.6) is 5.75 Å². The van der Waals surface area contributed by atoms with E-state index < -0.39 is 0 Å². The van der Waals surface area contributed by atoms with Crippen LogP contribution in [0.4, 0.5) is 0 Å². The zero-order valence-corrected chi connectivity index (χ0v) is 19.1. The summed E-state index contributed by atoms with van der Waals surface area (Å²) in [7, 11) is 0. The molecule has 1 aromatic heterocycles. The Labute approximate surface area is 186 Å². The third-order valence-corrected chi connectivity index (χ3v) is 7.32.